The van der Waals surface area contributed by atoms with Crippen LogP contribution in [0.3, 0.4) is 0 Å². The number of aromatic nitrogens is 1. The van der Waals surface area contributed by atoms with Crippen molar-refractivity contribution in [3.8, 4) is 0 Å². The number of nitrogens with zero attached hydrogens (tertiary/aromatic N) is 3. The summed E-state index contributed by atoms with van der Waals surface area (Å²) in [5.41, 5.74) is 0.320. The van der Waals surface area contributed by atoms with Crippen LogP contribution >= 0.6 is 39.1 Å². The summed E-state index contributed by atoms with van der Waals surface area (Å²) in [6.45, 7) is 6.06. The van der Waals surface area contributed by atoms with E-state index in [1.54, 1.807) is 11.0 Å². The van der Waals surface area contributed by atoms with Crippen LogP contribution in [0, 0.1) is 5.82 Å². The number of amides is 1. The van der Waals surface area contributed by atoms with Gasteiger partial charge in [-0.3, -0.25) is 4.79 Å². The van der Waals surface area contributed by atoms with Crippen LogP contribution in [0.2, 0.25) is 5.02 Å². The van der Waals surface area contributed by atoms with E-state index in [4.69, 9.17) is 11.6 Å². The molecule has 1 aromatic carbocycles. The number of anilines is 1. The molecule has 2 heterocycles. The molecule has 22 heavy (non-hydrogen) atoms. The Morgan fingerprint density at radius 2 is 2.14 bits per heavy atom. The minimum atomic E-state index is -0.439. The van der Waals surface area contributed by atoms with Gasteiger partial charge in [-0.15, -0.1) is 0 Å². The van der Waals surface area contributed by atoms with E-state index in [2.05, 4.69) is 31.8 Å². The molecule has 0 unspecified atom stereocenters. The van der Waals surface area contributed by atoms with Gasteiger partial charge in [0, 0.05) is 31.6 Å². The molecule has 0 aliphatic carbocycles. The van der Waals surface area contributed by atoms with Gasteiger partial charge in [-0.2, -0.15) is 4.37 Å². The molecule has 1 aromatic heterocycles. The molecule has 0 N–H and O–H groups in total. The Hall–Kier alpha value is -1.18. The lowest BCUT2D eigenvalue weighted by atomic mass is 10.2. The molecule has 0 spiro atoms. The van der Waals surface area contributed by atoms with Crippen LogP contribution in [-0.4, -0.2) is 41.4 Å². The molecule has 8 heteroatoms. The lowest BCUT2D eigenvalue weighted by Gasteiger charge is -2.34. The quantitative estimate of drug-likeness (QED) is 0.566. The molecule has 1 saturated heterocycles. The molecular formula is C14H12BrClFN3OS. The van der Waals surface area contributed by atoms with E-state index in [1.807, 2.05) is 0 Å². The van der Waals surface area contributed by atoms with E-state index >= 15 is 0 Å². The predicted octanol–water partition coefficient (Wildman–Crippen LogP) is 3.69. The molecular weight excluding hydrogens is 393 g/mol. The third kappa shape index (κ3) is 2.61. The van der Waals surface area contributed by atoms with Crippen molar-refractivity contribution in [1.29, 1.82) is 0 Å². The highest BCUT2D eigenvalue weighted by molar-refractivity contribution is 9.10. The van der Waals surface area contributed by atoms with E-state index in [-0.39, 0.29) is 10.4 Å². The van der Waals surface area contributed by atoms with E-state index in [0.717, 1.165) is 5.00 Å². The standard InChI is InChI=1S/C14H12BrClFN3OS/c1-2-10(21)19-3-5-20(6-4-19)14-8-7-9(16)11(15)12(17)13(8)18-22-14/h2,7H,1,3-6H2. The minimum absolute atomic E-state index is 0.0631. The van der Waals surface area contributed by atoms with Crippen LogP contribution < -0.4 is 4.90 Å². The fourth-order valence-electron chi connectivity index (χ4n) is 2.46. The predicted molar refractivity (Wildman–Crippen MR) is 91.3 cm³/mol. The van der Waals surface area contributed by atoms with E-state index in [0.29, 0.717) is 42.1 Å². The van der Waals surface area contributed by atoms with Gasteiger partial charge in [-0.25, -0.2) is 4.39 Å². The minimum Gasteiger partial charge on any atom is -0.358 e. The molecule has 0 radical (unpaired) electrons. The number of halogens is 3. The first kappa shape index (κ1) is 15.7. The zero-order chi connectivity index (χ0) is 15.9. The highest BCUT2D eigenvalue weighted by atomic mass is 79.9. The van der Waals surface area contributed by atoms with Gasteiger partial charge in [0.05, 0.1) is 9.50 Å². The van der Waals surface area contributed by atoms with Crippen molar-refractivity contribution >= 4 is 60.9 Å². The van der Waals surface area contributed by atoms with E-state index in [1.165, 1.54) is 17.6 Å². The number of fused-ring (bicyclic) bond motifs is 1. The van der Waals surface area contributed by atoms with Crippen molar-refractivity contribution < 1.29 is 9.18 Å². The fraction of sp³-hybridized carbons (Fsp3) is 0.286. The van der Waals surface area contributed by atoms with Crippen molar-refractivity contribution in [2.45, 2.75) is 0 Å². The average Bonchev–Trinajstić information content (AvgIpc) is 2.96. The van der Waals surface area contributed by atoms with Gasteiger partial charge in [-0.1, -0.05) is 18.2 Å². The number of hydrogen-bond donors (Lipinski definition) is 0. The van der Waals surface area contributed by atoms with Crippen LogP contribution in [0.25, 0.3) is 10.9 Å². The first-order valence-corrected chi connectivity index (χ1v) is 8.56. The molecule has 0 saturated carbocycles. The van der Waals surface area contributed by atoms with Gasteiger partial charge in [0.2, 0.25) is 5.91 Å². The molecule has 4 nitrogen and oxygen atoms in total. The molecule has 1 fully saturated rings. The summed E-state index contributed by atoms with van der Waals surface area (Å²) in [6, 6.07) is 1.73. The summed E-state index contributed by atoms with van der Waals surface area (Å²) in [5.74, 6) is -0.502. The van der Waals surface area contributed by atoms with Crippen LogP contribution in [0.4, 0.5) is 9.39 Å². The SMILES string of the molecule is C=CC(=O)N1CCN(c2snc3c(F)c(Br)c(Cl)cc23)CC1. The van der Waals surface area contributed by atoms with Gasteiger partial charge in [-0.05, 0) is 39.6 Å². The average molecular weight is 405 g/mol. The van der Waals surface area contributed by atoms with Crippen LogP contribution in [0.15, 0.2) is 23.2 Å². The number of piperazine rings is 1. The fourth-order valence-corrected chi connectivity index (χ4v) is 3.87. The molecule has 0 bridgehead atoms. The highest BCUT2D eigenvalue weighted by Crippen LogP contribution is 2.39. The smallest absolute Gasteiger partial charge is 0.246 e. The first-order chi connectivity index (χ1) is 10.5. The molecule has 1 aliphatic rings. The lowest BCUT2D eigenvalue weighted by molar-refractivity contribution is -0.126. The number of rotatable bonds is 2. The number of carbonyl (C=O) groups is 1. The highest BCUT2D eigenvalue weighted by Gasteiger charge is 2.24. The summed E-state index contributed by atoms with van der Waals surface area (Å²) < 4.78 is 18.6. The Morgan fingerprint density at radius 1 is 1.45 bits per heavy atom. The second-order valence-electron chi connectivity index (χ2n) is 4.89. The van der Waals surface area contributed by atoms with Crippen molar-refractivity contribution in [3.05, 3.63) is 34.0 Å². The molecule has 1 amide bonds. The zero-order valence-corrected chi connectivity index (χ0v) is 14.6. The topological polar surface area (TPSA) is 36.4 Å². The summed E-state index contributed by atoms with van der Waals surface area (Å²) in [6.07, 6.45) is 1.32. The summed E-state index contributed by atoms with van der Waals surface area (Å²) >= 11 is 10.4. The van der Waals surface area contributed by atoms with Crippen molar-refractivity contribution in [3.63, 3.8) is 0 Å². The second-order valence-corrected chi connectivity index (χ2v) is 6.84. The number of benzene rings is 1. The van der Waals surface area contributed by atoms with Gasteiger partial charge in [0.1, 0.15) is 10.5 Å². The summed E-state index contributed by atoms with van der Waals surface area (Å²) in [5, 5.41) is 1.92. The maximum absolute atomic E-state index is 14.2. The molecule has 0 atom stereocenters. The van der Waals surface area contributed by atoms with E-state index < -0.39 is 5.82 Å². The Kier molecular flexibility index (Phi) is 4.38. The zero-order valence-electron chi connectivity index (χ0n) is 11.5. The van der Waals surface area contributed by atoms with Gasteiger partial charge in [0.25, 0.3) is 0 Å². The van der Waals surface area contributed by atoms with Crippen molar-refractivity contribution in [1.82, 2.24) is 9.27 Å². The monoisotopic (exact) mass is 403 g/mol. The lowest BCUT2D eigenvalue weighted by Crippen LogP contribution is -2.48. The van der Waals surface area contributed by atoms with Gasteiger partial charge >= 0.3 is 0 Å². The van der Waals surface area contributed by atoms with Crippen LogP contribution in [0.1, 0.15) is 0 Å². The van der Waals surface area contributed by atoms with Gasteiger partial charge < -0.3 is 9.80 Å². The first-order valence-electron chi connectivity index (χ1n) is 6.62. The maximum atomic E-state index is 14.2. The van der Waals surface area contributed by atoms with Crippen molar-refractivity contribution in [2.24, 2.45) is 0 Å². The summed E-state index contributed by atoms with van der Waals surface area (Å²) in [4.78, 5) is 15.5. The maximum Gasteiger partial charge on any atom is 0.246 e. The van der Waals surface area contributed by atoms with Gasteiger partial charge in [0.15, 0.2) is 5.82 Å². The third-order valence-corrected chi connectivity index (χ3v) is 5.87. The van der Waals surface area contributed by atoms with E-state index in [9.17, 15) is 9.18 Å². The Morgan fingerprint density at radius 3 is 2.77 bits per heavy atom. The van der Waals surface area contributed by atoms with Crippen LogP contribution in [-0.2, 0) is 4.79 Å². The van der Waals surface area contributed by atoms with Crippen LogP contribution in [0.5, 0.6) is 0 Å². The Balaban J connectivity index is 1.89. The molecule has 2 aromatic rings. The Labute approximate surface area is 144 Å². The largest absolute Gasteiger partial charge is 0.358 e. The molecule has 1 aliphatic heterocycles. The normalized spacial score (nSPS) is 15.4. The van der Waals surface area contributed by atoms with Crippen molar-refractivity contribution in [2.75, 3.05) is 31.1 Å². The Bertz CT molecular complexity index is 758. The summed E-state index contributed by atoms with van der Waals surface area (Å²) in [7, 11) is 0. The number of carbonyl (C=O) groups excluding carboxylic acids is 1. The second kappa shape index (κ2) is 6.14. The molecule has 116 valence electrons. The third-order valence-electron chi connectivity index (χ3n) is 3.64. The number of hydrogen-bond acceptors (Lipinski definition) is 4. The molecule has 3 rings (SSSR count).